The molecule has 0 spiro atoms. The predicted molar refractivity (Wildman–Crippen MR) is 67.4 cm³/mol. The van der Waals surface area contributed by atoms with Crippen LogP contribution in [0.1, 0.15) is 31.2 Å². The molecule has 0 saturated heterocycles. The Balaban J connectivity index is 2.51. The molecule has 0 aromatic heterocycles. The molecule has 2 rings (SSSR count). The van der Waals surface area contributed by atoms with Crippen LogP contribution in [-0.4, -0.2) is 6.08 Å². The maximum Gasteiger partial charge on any atom is 0.235 e. The van der Waals surface area contributed by atoms with Crippen LogP contribution in [0.15, 0.2) is 27.7 Å². The lowest BCUT2D eigenvalue weighted by Crippen LogP contribution is -2.19. The van der Waals surface area contributed by atoms with Gasteiger partial charge < -0.3 is 0 Å². The van der Waals surface area contributed by atoms with Crippen LogP contribution in [0.3, 0.4) is 0 Å². The molecule has 16 heavy (non-hydrogen) atoms. The molecule has 0 N–H and O–H groups in total. The summed E-state index contributed by atoms with van der Waals surface area (Å²) in [4.78, 5) is 14.6. The number of benzene rings is 1. The Bertz CT molecular complexity index is 448. The normalized spacial score (nSPS) is 18.1. The lowest BCUT2D eigenvalue weighted by molar-refractivity contribution is 0.454. The fourth-order valence-electron chi connectivity index (χ4n) is 2.36. The van der Waals surface area contributed by atoms with Crippen LogP contribution in [0.4, 0.5) is 0 Å². The van der Waals surface area contributed by atoms with Gasteiger partial charge >= 0.3 is 0 Å². The lowest BCUT2D eigenvalue weighted by atomic mass is 9.89. The summed E-state index contributed by atoms with van der Waals surface area (Å²) in [6, 6.07) is 5.62. The first-order chi connectivity index (χ1) is 7.68. The molecule has 0 atom stereocenters. The number of hydrogen-bond donors (Lipinski definition) is 0. The zero-order valence-corrected chi connectivity index (χ0v) is 11.0. The molecule has 2 nitrogen and oxygen atoms in total. The van der Waals surface area contributed by atoms with Gasteiger partial charge in [0.15, 0.2) is 0 Å². The van der Waals surface area contributed by atoms with Gasteiger partial charge in [0.2, 0.25) is 6.08 Å². The van der Waals surface area contributed by atoms with Crippen molar-refractivity contribution in [2.45, 2.75) is 31.2 Å². The topological polar surface area (TPSA) is 29.4 Å². The van der Waals surface area contributed by atoms with Crippen molar-refractivity contribution in [1.29, 1.82) is 0 Å². The van der Waals surface area contributed by atoms with Crippen molar-refractivity contribution in [1.82, 2.24) is 0 Å². The predicted octanol–water partition coefficient (Wildman–Crippen LogP) is 4.21. The number of isocyanates is 1. The highest BCUT2D eigenvalue weighted by Gasteiger charge is 2.37. The summed E-state index contributed by atoms with van der Waals surface area (Å²) in [6.07, 6.45) is 5.72. The van der Waals surface area contributed by atoms with Gasteiger partial charge in [-0.25, -0.2) is 4.79 Å². The summed E-state index contributed by atoms with van der Waals surface area (Å²) in [7, 11) is 0. The van der Waals surface area contributed by atoms with Gasteiger partial charge in [0, 0.05) is 9.50 Å². The molecule has 0 heterocycles. The molecule has 0 bridgehead atoms. The molecular weight excluding hydrogens is 289 g/mol. The second-order valence-electron chi connectivity index (χ2n) is 4.07. The molecule has 0 amide bonds. The lowest BCUT2D eigenvalue weighted by Gasteiger charge is -2.24. The van der Waals surface area contributed by atoms with E-state index in [9.17, 15) is 4.79 Å². The fourth-order valence-corrected chi connectivity index (χ4v) is 3.41. The summed E-state index contributed by atoms with van der Waals surface area (Å²) < 4.78 is 0.918. The number of rotatable bonds is 2. The van der Waals surface area contributed by atoms with Crippen LogP contribution in [0.25, 0.3) is 0 Å². The van der Waals surface area contributed by atoms with Gasteiger partial charge in [-0.15, -0.1) is 0 Å². The maximum atomic E-state index is 10.6. The van der Waals surface area contributed by atoms with E-state index in [2.05, 4.69) is 20.9 Å². The number of nitrogens with zero attached hydrogens (tertiary/aromatic N) is 1. The van der Waals surface area contributed by atoms with Crippen molar-refractivity contribution < 1.29 is 4.79 Å². The molecule has 84 valence electrons. The number of hydrogen-bond acceptors (Lipinski definition) is 2. The van der Waals surface area contributed by atoms with Crippen molar-refractivity contribution in [3.63, 3.8) is 0 Å². The molecule has 0 radical (unpaired) electrons. The number of carbonyl (C=O) groups excluding carboxylic acids is 1. The largest absolute Gasteiger partial charge is 0.235 e. The van der Waals surface area contributed by atoms with Gasteiger partial charge in [-0.05, 0) is 30.5 Å². The fraction of sp³-hybridized carbons (Fsp3) is 0.417. The third-order valence-electron chi connectivity index (χ3n) is 3.12. The quantitative estimate of drug-likeness (QED) is 0.594. The van der Waals surface area contributed by atoms with E-state index in [0.717, 1.165) is 35.7 Å². The highest BCUT2D eigenvalue weighted by Crippen LogP contribution is 2.45. The van der Waals surface area contributed by atoms with E-state index in [4.69, 9.17) is 11.6 Å². The maximum absolute atomic E-state index is 10.6. The Morgan fingerprint density at radius 3 is 2.62 bits per heavy atom. The van der Waals surface area contributed by atoms with Gasteiger partial charge in [0.1, 0.15) is 0 Å². The Morgan fingerprint density at radius 1 is 1.38 bits per heavy atom. The van der Waals surface area contributed by atoms with Crippen molar-refractivity contribution >= 4 is 33.6 Å². The van der Waals surface area contributed by atoms with Gasteiger partial charge in [-0.2, -0.15) is 4.99 Å². The van der Waals surface area contributed by atoms with Crippen LogP contribution in [0.5, 0.6) is 0 Å². The van der Waals surface area contributed by atoms with E-state index in [-0.39, 0.29) is 5.54 Å². The monoisotopic (exact) mass is 299 g/mol. The summed E-state index contributed by atoms with van der Waals surface area (Å²) in [5, 5.41) is 0.679. The second kappa shape index (κ2) is 4.70. The minimum absolute atomic E-state index is 0.384. The Labute approximate surface area is 108 Å². The third-order valence-corrected chi connectivity index (χ3v) is 4.01. The minimum atomic E-state index is -0.384. The first-order valence-corrected chi connectivity index (χ1v) is 6.40. The van der Waals surface area contributed by atoms with Crippen LogP contribution < -0.4 is 0 Å². The van der Waals surface area contributed by atoms with E-state index in [0.29, 0.717) is 5.02 Å². The average Bonchev–Trinajstić information content (AvgIpc) is 2.67. The zero-order valence-electron chi connectivity index (χ0n) is 8.67. The smallest absolute Gasteiger partial charge is 0.211 e. The molecule has 0 unspecified atom stereocenters. The third kappa shape index (κ3) is 2.08. The summed E-state index contributed by atoms with van der Waals surface area (Å²) in [5.74, 6) is 0. The Hall–Kier alpha value is -0.630. The van der Waals surface area contributed by atoms with Gasteiger partial charge in [-0.1, -0.05) is 46.4 Å². The standard InChI is InChI=1S/C12H11BrClNO/c13-11-7-9(14)3-4-10(11)12(15-8-16)5-1-2-6-12/h3-4,7H,1-2,5-6H2. The van der Waals surface area contributed by atoms with Crippen molar-refractivity contribution in [2.24, 2.45) is 4.99 Å². The van der Waals surface area contributed by atoms with Gasteiger partial charge in [-0.3, -0.25) is 0 Å². The zero-order chi connectivity index (χ0) is 11.6. The number of halogens is 2. The van der Waals surface area contributed by atoms with Crippen molar-refractivity contribution in [3.8, 4) is 0 Å². The minimum Gasteiger partial charge on any atom is -0.211 e. The molecule has 1 fully saturated rings. The highest BCUT2D eigenvalue weighted by molar-refractivity contribution is 9.10. The first-order valence-electron chi connectivity index (χ1n) is 5.22. The summed E-state index contributed by atoms with van der Waals surface area (Å²) in [5.41, 5.74) is 0.656. The van der Waals surface area contributed by atoms with E-state index in [1.807, 2.05) is 18.2 Å². The van der Waals surface area contributed by atoms with Crippen LogP contribution >= 0.6 is 27.5 Å². The SMILES string of the molecule is O=C=NC1(c2ccc(Cl)cc2Br)CCCC1. The molecule has 4 heteroatoms. The van der Waals surface area contributed by atoms with E-state index >= 15 is 0 Å². The molecule has 1 aliphatic carbocycles. The van der Waals surface area contributed by atoms with Gasteiger partial charge in [0.05, 0.1) is 5.54 Å². The van der Waals surface area contributed by atoms with Crippen LogP contribution in [-0.2, 0) is 10.3 Å². The van der Waals surface area contributed by atoms with E-state index in [1.54, 1.807) is 6.08 Å². The number of aliphatic imine (C=N–C) groups is 1. The van der Waals surface area contributed by atoms with Crippen molar-refractivity contribution in [3.05, 3.63) is 33.3 Å². The summed E-state index contributed by atoms with van der Waals surface area (Å²) >= 11 is 9.40. The van der Waals surface area contributed by atoms with E-state index < -0.39 is 0 Å². The summed E-state index contributed by atoms with van der Waals surface area (Å²) in [6.45, 7) is 0. The Morgan fingerprint density at radius 2 is 2.06 bits per heavy atom. The molecule has 1 saturated carbocycles. The molecule has 1 aromatic rings. The van der Waals surface area contributed by atoms with Crippen LogP contribution in [0, 0.1) is 0 Å². The van der Waals surface area contributed by atoms with Crippen molar-refractivity contribution in [2.75, 3.05) is 0 Å². The average molecular weight is 301 g/mol. The molecule has 1 aliphatic rings. The Kier molecular flexibility index (Phi) is 3.48. The molecule has 0 aliphatic heterocycles. The first kappa shape index (κ1) is 11.8. The molecule has 1 aromatic carbocycles. The van der Waals surface area contributed by atoms with Gasteiger partial charge in [0.25, 0.3) is 0 Å². The van der Waals surface area contributed by atoms with Crippen LogP contribution in [0.2, 0.25) is 5.02 Å². The van der Waals surface area contributed by atoms with E-state index in [1.165, 1.54) is 0 Å². The second-order valence-corrected chi connectivity index (χ2v) is 5.36. The molecular formula is C12H11BrClNO. The highest BCUT2D eigenvalue weighted by atomic mass is 79.9.